The fourth-order valence-electron chi connectivity index (χ4n) is 2.70. The lowest BCUT2D eigenvalue weighted by Gasteiger charge is -2.15. The second-order valence-electron chi connectivity index (χ2n) is 6.19. The van der Waals surface area contributed by atoms with E-state index in [1.54, 1.807) is 25.3 Å². The number of ether oxygens (including phenoxy) is 1. The van der Waals surface area contributed by atoms with Crippen molar-refractivity contribution in [2.45, 2.75) is 12.5 Å². The van der Waals surface area contributed by atoms with Crippen LogP contribution < -0.4 is 10.1 Å². The Morgan fingerprint density at radius 1 is 1.39 bits per heavy atom. The van der Waals surface area contributed by atoms with Gasteiger partial charge >= 0.3 is 0 Å². The summed E-state index contributed by atoms with van der Waals surface area (Å²) in [5, 5.41) is 3.73. The third kappa shape index (κ3) is 5.00. The molecular weight excluding hydrogens is 420 g/mol. The average Bonchev–Trinajstić information content (AvgIpc) is 3.12. The maximum Gasteiger partial charge on any atom is 0.266 e. The molecule has 2 amide bonds. The highest BCUT2D eigenvalue weighted by Gasteiger charge is 2.32. The Bertz CT molecular complexity index is 967. The third-order valence-corrected chi connectivity index (χ3v) is 6.90. The van der Waals surface area contributed by atoms with Crippen LogP contribution in [-0.2, 0) is 19.4 Å². The number of methoxy groups -OCH3 is 1. The van der Waals surface area contributed by atoms with E-state index in [0.29, 0.717) is 9.23 Å². The summed E-state index contributed by atoms with van der Waals surface area (Å²) in [7, 11) is -1.65. The summed E-state index contributed by atoms with van der Waals surface area (Å²) in [5.41, 5.74) is 0.841. The first kappa shape index (κ1) is 20.6. The van der Waals surface area contributed by atoms with Crippen LogP contribution in [0.15, 0.2) is 40.7 Å². The minimum atomic E-state index is -3.23. The number of nitrogens with one attached hydrogen (secondary N) is 1. The van der Waals surface area contributed by atoms with Crippen molar-refractivity contribution in [1.29, 1.82) is 0 Å². The first-order valence-corrected chi connectivity index (χ1v) is 11.3. The van der Waals surface area contributed by atoms with Gasteiger partial charge in [0.15, 0.2) is 9.84 Å². The molecule has 1 fully saturated rings. The molecule has 0 aromatic heterocycles. The lowest BCUT2D eigenvalue weighted by molar-refractivity contribution is -0.124. The lowest BCUT2D eigenvalue weighted by Crippen LogP contribution is -2.38. The van der Waals surface area contributed by atoms with Gasteiger partial charge in [0.25, 0.3) is 5.91 Å². The average molecular weight is 439 g/mol. The molecule has 1 aromatic carbocycles. The van der Waals surface area contributed by atoms with Crippen molar-refractivity contribution < 1.29 is 22.7 Å². The van der Waals surface area contributed by atoms with Crippen LogP contribution in [0.2, 0.25) is 0 Å². The van der Waals surface area contributed by atoms with Gasteiger partial charge in [0.1, 0.15) is 10.1 Å². The molecule has 28 heavy (non-hydrogen) atoms. The Morgan fingerprint density at radius 2 is 2.11 bits per heavy atom. The number of carbonyl (C=O) groups is 2. The second-order valence-corrected chi connectivity index (χ2v) is 9.80. The summed E-state index contributed by atoms with van der Waals surface area (Å²) in [6.45, 7) is 0.139. The van der Waals surface area contributed by atoms with E-state index in [-0.39, 0.29) is 30.5 Å². The summed E-state index contributed by atoms with van der Waals surface area (Å²) >= 11 is 6.45. The molecule has 0 saturated carbocycles. The standard InChI is InChI=1S/C18H18N2O5S3/c1-25-14-4-2-12(3-5-14)10-15-17(22)20(18(26)27-15)8-6-16(21)19-13-7-9-28(23,24)11-13/h2-5,7,9-10,13H,6,8,11H2,1H3,(H,19,21)/b15-10-/t13-/m0/s1. The number of rotatable bonds is 6. The van der Waals surface area contributed by atoms with Gasteiger partial charge in [0, 0.05) is 18.4 Å². The number of hydrogen-bond donors (Lipinski definition) is 1. The van der Waals surface area contributed by atoms with E-state index in [4.69, 9.17) is 17.0 Å². The van der Waals surface area contributed by atoms with Gasteiger partial charge in [-0.15, -0.1) is 0 Å². The first-order chi connectivity index (χ1) is 13.3. The van der Waals surface area contributed by atoms with Gasteiger partial charge in [-0.1, -0.05) is 36.1 Å². The molecule has 0 radical (unpaired) electrons. The molecule has 7 nitrogen and oxygen atoms in total. The minimum Gasteiger partial charge on any atom is -0.497 e. The van der Waals surface area contributed by atoms with Gasteiger partial charge in [-0.2, -0.15) is 0 Å². The maximum absolute atomic E-state index is 12.6. The van der Waals surface area contributed by atoms with Crippen molar-refractivity contribution in [2.24, 2.45) is 0 Å². The smallest absolute Gasteiger partial charge is 0.266 e. The van der Waals surface area contributed by atoms with Crippen molar-refractivity contribution in [3.05, 3.63) is 46.2 Å². The second kappa shape index (κ2) is 8.46. The Hall–Kier alpha value is -2.17. The van der Waals surface area contributed by atoms with E-state index in [2.05, 4.69) is 5.32 Å². The van der Waals surface area contributed by atoms with Crippen LogP contribution in [0, 0.1) is 0 Å². The molecule has 1 aromatic rings. The third-order valence-electron chi connectivity index (χ3n) is 4.13. The summed E-state index contributed by atoms with van der Waals surface area (Å²) in [4.78, 5) is 26.5. The van der Waals surface area contributed by atoms with Crippen LogP contribution >= 0.6 is 24.0 Å². The van der Waals surface area contributed by atoms with Crippen molar-refractivity contribution in [3.8, 4) is 5.75 Å². The van der Waals surface area contributed by atoms with Crippen LogP contribution in [-0.4, -0.2) is 54.9 Å². The van der Waals surface area contributed by atoms with E-state index in [1.807, 2.05) is 12.1 Å². The molecule has 10 heteroatoms. The zero-order valence-corrected chi connectivity index (χ0v) is 17.4. The van der Waals surface area contributed by atoms with Crippen molar-refractivity contribution >= 4 is 56.0 Å². The fourth-order valence-corrected chi connectivity index (χ4v) is 5.25. The van der Waals surface area contributed by atoms with Crippen LogP contribution in [0.4, 0.5) is 0 Å². The van der Waals surface area contributed by atoms with Crippen LogP contribution in [0.25, 0.3) is 6.08 Å². The van der Waals surface area contributed by atoms with Gasteiger partial charge in [-0.05, 0) is 29.8 Å². The highest BCUT2D eigenvalue weighted by atomic mass is 32.2. The SMILES string of the molecule is COc1ccc(/C=C2\SC(=S)N(CCC(=O)N[C@H]3C=CS(=O)(=O)C3)C2=O)cc1. The van der Waals surface area contributed by atoms with Gasteiger partial charge in [-0.25, -0.2) is 8.42 Å². The van der Waals surface area contributed by atoms with E-state index in [0.717, 1.165) is 16.7 Å². The fraction of sp³-hybridized carbons (Fsp3) is 0.278. The number of amides is 2. The molecule has 3 rings (SSSR count). The Labute approximate surface area is 172 Å². The molecule has 0 aliphatic carbocycles. The number of sulfone groups is 1. The first-order valence-electron chi connectivity index (χ1n) is 8.37. The highest BCUT2D eigenvalue weighted by molar-refractivity contribution is 8.26. The summed E-state index contributed by atoms with van der Waals surface area (Å²) < 4.78 is 28.2. The summed E-state index contributed by atoms with van der Waals surface area (Å²) in [6, 6.07) is 6.74. The van der Waals surface area contributed by atoms with E-state index in [1.165, 1.54) is 22.7 Å². The Kier molecular flexibility index (Phi) is 6.21. The van der Waals surface area contributed by atoms with E-state index >= 15 is 0 Å². The van der Waals surface area contributed by atoms with Crippen molar-refractivity contribution in [1.82, 2.24) is 10.2 Å². The largest absolute Gasteiger partial charge is 0.497 e. The molecule has 0 bridgehead atoms. The number of thiocarbonyl (C=S) groups is 1. The van der Waals surface area contributed by atoms with Crippen molar-refractivity contribution in [3.63, 3.8) is 0 Å². The predicted octanol–water partition coefficient (Wildman–Crippen LogP) is 1.71. The zero-order valence-electron chi connectivity index (χ0n) is 15.0. The number of carbonyl (C=O) groups excluding carboxylic acids is 2. The van der Waals surface area contributed by atoms with E-state index in [9.17, 15) is 18.0 Å². The molecule has 148 valence electrons. The van der Waals surface area contributed by atoms with E-state index < -0.39 is 15.9 Å². The topological polar surface area (TPSA) is 92.8 Å². The molecule has 2 heterocycles. The van der Waals surface area contributed by atoms with Crippen LogP contribution in [0.1, 0.15) is 12.0 Å². The number of benzene rings is 1. The quantitative estimate of drug-likeness (QED) is 0.534. The number of thioether (sulfide) groups is 1. The Balaban J connectivity index is 1.57. The number of hydrogen-bond acceptors (Lipinski definition) is 7. The van der Waals surface area contributed by atoms with Gasteiger partial charge in [0.05, 0.1) is 23.8 Å². The molecule has 1 atom stereocenters. The van der Waals surface area contributed by atoms with Gasteiger partial charge < -0.3 is 10.1 Å². The van der Waals surface area contributed by atoms with Crippen molar-refractivity contribution in [2.75, 3.05) is 19.4 Å². The van der Waals surface area contributed by atoms with Gasteiger partial charge in [0.2, 0.25) is 5.91 Å². The summed E-state index contributed by atoms with van der Waals surface area (Å²) in [5.74, 6) is 0.00669. The molecule has 2 aliphatic heterocycles. The summed E-state index contributed by atoms with van der Waals surface area (Å²) in [6.07, 6.45) is 3.23. The molecular formula is C18H18N2O5S3. The maximum atomic E-state index is 12.6. The lowest BCUT2D eigenvalue weighted by atomic mass is 10.2. The molecule has 1 N–H and O–H groups in total. The Morgan fingerprint density at radius 3 is 2.71 bits per heavy atom. The van der Waals surface area contributed by atoms with Gasteiger partial charge in [-0.3, -0.25) is 14.5 Å². The molecule has 1 saturated heterocycles. The zero-order chi connectivity index (χ0) is 20.3. The van der Waals surface area contributed by atoms with Crippen LogP contribution in [0.5, 0.6) is 5.75 Å². The van der Waals surface area contributed by atoms with Crippen LogP contribution in [0.3, 0.4) is 0 Å². The predicted molar refractivity (Wildman–Crippen MR) is 112 cm³/mol. The molecule has 0 spiro atoms. The molecule has 2 aliphatic rings. The minimum absolute atomic E-state index is 0.0344. The number of nitrogens with zero attached hydrogens (tertiary/aromatic N) is 1. The highest BCUT2D eigenvalue weighted by Crippen LogP contribution is 2.32. The normalized spacial score (nSPS) is 22.1. The monoisotopic (exact) mass is 438 g/mol. The molecule has 0 unspecified atom stereocenters.